The molecule has 0 aliphatic carbocycles. The van der Waals surface area contributed by atoms with E-state index in [0.29, 0.717) is 30.6 Å². The summed E-state index contributed by atoms with van der Waals surface area (Å²) in [6, 6.07) is 5.98. The first-order chi connectivity index (χ1) is 11.2. The van der Waals surface area contributed by atoms with Crippen molar-refractivity contribution in [2.24, 2.45) is 0 Å². The van der Waals surface area contributed by atoms with Crippen LogP contribution in [0.2, 0.25) is 0 Å². The van der Waals surface area contributed by atoms with E-state index in [4.69, 9.17) is 4.52 Å². The van der Waals surface area contributed by atoms with E-state index in [2.05, 4.69) is 41.4 Å². The molecule has 0 aliphatic rings. The fraction of sp³-hybridized carbons (Fsp3) is 0.200. The molecule has 1 N–H and O–H groups in total. The van der Waals surface area contributed by atoms with Crippen LogP contribution in [0.1, 0.15) is 12.3 Å². The summed E-state index contributed by atoms with van der Waals surface area (Å²) in [4.78, 5) is 12.5. The van der Waals surface area contributed by atoms with Gasteiger partial charge in [-0.1, -0.05) is 5.16 Å². The lowest BCUT2D eigenvalue weighted by atomic mass is 10.2. The molecule has 0 atom stereocenters. The predicted molar refractivity (Wildman–Crippen MR) is 86.2 cm³/mol. The molecule has 0 saturated heterocycles. The third-order valence-electron chi connectivity index (χ3n) is 3.04. The number of halogens is 2. The zero-order valence-electron chi connectivity index (χ0n) is 12.0. The van der Waals surface area contributed by atoms with E-state index in [-0.39, 0.29) is 5.82 Å². The lowest BCUT2D eigenvalue weighted by Crippen LogP contribution is -2.06. The van der Waals surface area contributed by atoms with Gasteiger partial charge in [0.05, 0.1) is 4.47 Å². The smallest absolute Gasteiger partial charge is 0.227 e. The van der Waals surface area contributed by atoms with Crippen LogP contribution in [0.4, 0.5) is 10.3 Å². The Morgan fingerprint density at radius 1 is 1.13 bits per heavy atom. The molecule has 0 spiro atoms. The van der Waals surface area contributed by atoms with Crippen LogP contribution < -0.4 is 5.32 Å². The maximum Gasteiger partial charge on any atom is 0.227 e. The number of hydrogen-bond donors (Lipinski definition) is 1. The zero-order valence-corrected chi connectivity index (χ0v) is 13.6. The second kappa shape index (κ2) is 7.28. The van der Waals surface area contributed by atoms with Gasteiger partial charge in [-0.3, -0.25) is 0 Å². The van der Waals surface area contributed by atoms with Crippen LogP contribution in [0, 0.1) is 5.82 Å². The standard InChI is InChI=1S/C15H13BrFN5O/c16-11-8-19-15(20-9-11)18-7-1-2-13-21-14(22-23-13)10-3-5-12(17)6-4-10/h3-6,8-9H,1-2,7H2,(H,18,19,20). The number of rotatable bonds is 6. The van der Waals surface area contributed by atoms with Crippen molar-refractivity contribution in [3.05, 3.63) is 52.8 Å². The van der Waals surface area contributed by atoms with Gasteiger partial charge in [-0.05, 0) is 46.6 Å². The molecule has 23 heavy (non-hydrogen) atoms. The first-order valence-corrected chi connectivity index (χ1v) is 7.80. The SMILES string of the molecule is Fc1ccc(-c2noc(CCCNc3ncc(Br)cn3)n2)cc1. The average molecular weight is 378 g/mol. The first-order valence-electron chi connectivity index (χ1n) is 7.00. The van der Waals surface area contributed by atoms with E-state index in [1.54, 1.807) is 24.5 Å². The largest absolute Gasteiger partial charge is 0.354 e. The molecule has 3 aromatic rings. The van der Waals surface area contributed by atoms with Crippen molar-refractivity contribution in [2.45, 2.75) is 12.8 Å². The van der Waals surface area contributed by atoms with Crippen LogP contribution in [0.15, 0.2) is 45.7 Å². The molecule has 0 unspecified atom stereocenters. The van der Waals surface area contributed by atoms with Gasteiger partial charge in [0, 0.05) is 30.9 Å². The summed E-state index contributed by atoms with van der Waals surface area (Å²) in [5.41, 5.74) is 0.725. The van der Waals surface area contributed by atoms with Crippen molar-refractivity contribution in [3.63, 3.8) is 0 Å². The molecule has 0 bridgehead atoms. The van der Waals surface area contributed by atoms with E-state index in [0.717, 1.165) is 16.5 Å². The van der Waals surface area contributed by atoms with Crippen LogP contribution in [-0.4, -0.2) is 26.7 Å². The van der Waals surface area contributed by atoms with Gasteiger partial charge >= 0.3 is 0 Å². The molecule has 0 aliphatic heterocycles. The fourth-order valence-corrected chi connectivity index (χ4v) is 2.12. The van der Waals surface area contributed by atoms with E-state index < -0.39 is 0 Å². The maximum absolute atomic E-state index is 12.9. The highest BCUT2D eigenvalue weighted by molar-refractivity contribution is 9.10. The lowest BCUT2D eigenvalue weighted by Gasteiger charge is -2.02. The second-order valence-corrected chi connectivity index (χ2v) is 5.69. The normalized spacial score (nSPS) is 10.7. The molecule has 8 heteroatoms. The number of nitrogens with one attached hydrogen (secondary N) is 1. The molecule has 0 fully saturated rings. The molecule has 0 saturated carbocycles. The Morgan fingerprint density at radius 2 is 1.87 bits per heavy atom. The van der Waals surface area contributed by atoms with Crippen molar-refractivity contribution < 1.29 is 8.91 Å². The number of hydrogen-bond acceptors (Lipinski definition) is 6. The average Bonchev–Trinajstić information content (AvgIpc) is 3.03. The van der Waals surface area contributed by atoms with E-state index in [1.807, 2.05) is 0 Å². The molecule has 0 radical (unpaired) electrons. The topological polar surface area (TPSA) is 76.7 Å². The Labute approximate surface area is 140 Å². The van der Waals surface area contributed by atoms with Gasteiger partial charge in [0.25, 0.3) is 0 Å². The van der Waals surface area contributed by atoms with Gasteiger partial charge in [-0.2, -0.15) is 4.98 Å². The zero-order chi connectivity index (χ0) is 16.1. The molecular weight excluding hydrogens is 365 g/mol. The van der Waals surface area contributed by atoms with Crippen molar-refractivity contribution in [1.82, 2.24) is 20.1 Å². The Bertz CT molecular complexity index is 760. The lowest BCUT2D eigenvalue weighted by molar-refractivity contribution is 0.377. The molecule has 2 heterocycles. The highest BCUT2D eigenvalue weighted by Gasteiger charge is 2.08. The first kappa shape index (κ1) is 15.5. The van der Waals surface area contributed by atoms with Crippen molar-refractivity contribution >= 4 is 21.9 Å². The van der Waals surface area contributed by atoms with Gasteiger partial charge in [-0.25, -0.2) is 14.4 Å². The molecule has 118 valence electrons. The summed E-state index contributed by atoms with van der Waals surface area (Å²) < 4.78 is 18.9. The quantitative estimate of drug-likeness (QED) is 0.662. The van der Waals surface area contributed by atoms with Gasteiger partial charge in [0.2, 0.25) is 17.7 Å². The summed E-state index contributed by atoms with van der Waals surface area (Å²) in [6.07, 6.45) is 4.80. The van der Waals surface area contributed by atoms with E-state index in [9.17, 15) is 4.39 Å². The number of benzene rings is 1. The number of nitrogens with zero attached hydrogens (tertiary/aromatic N) is 4. The van der Waals surface area contributed by atoms with Gasteiger partial charge in [0.1, 0.15) is 5.82 Å². The minimum atomic E-state index is -0.293. The maximum atomic E-state index is 12.9. The van der Waals surface area contributed by atoms with Crippen LogP contribution in [0.25, 0.3) is 11.4 Å². The highest BCUT2D eigenvalue weighted by atomic mass is 79.9. The monoisotopic (exact) mass is 377 g/mol. The predicted octanol–water partition coefficient (Wildman–Crippen LogP) is 3.47. The van der Waals surface area contributed by atoms with Crippen molar-refractivity contribution in [1.29, 1.82) is 0 Å². The molecular formula is C15H13BrFN5O. The molecule has 0 amide bonds. The van der Waals surface area contributed by atoms with Crippen LogP contribution in [0.5, 0.6) is 0 Å². The van der Waals surface area contributed by atoms with Crippen LogP contribution >= 0.6 is 15.9 Å². The van der Waals surface area contributed by atoms with Gasteiger partial charge in [-0.15, -0.1) is 0 Å². The Balaban J connectivity index is 1.49. The third kappa shape index (κ3) is 4.32. The molecule has 1 aromatic carbocycles. The number of anilines is 1. The summed E-state index contributed by atoms with van der Waals surface area (Å²) in [7, 11) is 0. The second-order valence-electron chi connectivity index (χ2n) is 4.77. The van der Waals surface area contributed by atoms with E-state index >= 15 is 0 Å². The fourth-order valence-electron chi connectivity index (χ4n) is 1.92. The Kier molecular flexibility index (Phi) is 4.92. The van der Waals surface area contributed by atoms with Gasteiger partial charge < -0.3 is 9.84 Å². The van der Waals surface area contributed by atoms with Crippen molar-refractivity contribution in [3.8, 4) is 11.4 Å². The molecule has 3 rings (SSSR count). The van der Waals surface area contributed by atoms with Crippen LogP contribution in [-0.2, 0) is 6.42 Å². The summed E-state index contributed by atoms with van der Waals surface area (Å²) >= 11 is 3.28. The van der Waals surface area contributed by atoms with Crippen molar-refractivity contribution in [2.75, 3.05) is 11.9 Å². The molecule has 6 nitrogen and oxygen atoms in total. The van der Waals surface area contributed by atoms with Gasteiger partial charge in [0.15, 0.2) is 0 Å². The van der Waals surface area contributed by atoms with Crippen LogP contribution in [0.3, 0.4) is 0 Å². The molecule has 2 aromatic heterocycles. The number of aryl methyl sites for hydroxylation is 1. The third-order valence-corrected chi connectivity index (χ3v) is 3.45. The number of aromatic nitrogens is 4. The summed E-state index contributed by atoms with van der Waals surface area (Å²) in [6.45, 7) is 0.690. The highest BCUT2D eigenvalue weighted by Crippen LogP contribution is 2.16. The Hall–Kier alpha value is -2.35. The Morgan fingerprint density at radius 3 is 2.61 bits per heavy atom. The minimum Gasteiger partial charge on any atom is -0.354 e. The summed E-state index contributed by atoms with van der Waals surface area (Å²) in [5, 5.41) is 7.02. The van der Waals surface area contributed by atoms with E-state index in [1.165, 1.54) is 12.1 Å². The summed E-state index contributed by atoms with van der Waals surface area (Å²) in [5.74, 6) is 1.29. The minimum absolute atomic E-state index is 0.293.